The van der Waals surface area contributed by atoms with Gasteiger partial charge in [0.2, 0.25) is 5.88 Å². The molecule has 3 nitrogen and oxygen atoms in total. The molecular weight excluding hydrogens is 354 g/mol. The van der Waals surface area contributed by atoms with Gasteiger partial charge >= 0.3 is 0 Å². The molecule has 0 amide bonds. The largest absolute Gasteiger partial charge is 0.493 e. The van der Waals surface area contributed by atoms with Crippen LogP contribution in [-0.4, -0.2) is 16.3 Å². The summed E-state index contributed by atoms with van der Waals surface area (Å²) >= 11 is 7.25. The lowest BCUT2D eigenvalue weighted by Gasteiger charge is -2.10. The van der Waals surface area contributed by atoms with E-state index in [-0.39, 0.29) is 11.4 Å². The molecule has 0 bridgehead atoms. The first-order valence-corrected chi connectivity index (χ1v) is 8.25. The van der Waals surface area contributed by atoms with E-state index in [2.05, 4.69) is 4.98 Å². The molecule has 0 radical (unpaired) electrons. The minimum atomic E-state index is -0.437. The number of rotatable bonds is 4. The second kappa shape index (κ2) is 6.75. The summed E-state index contributed by atoms with van der Waals surface area (Å²) in [7, 11) is 0. The predicted octanol–water partition coefficient (Wildman–Crippen LogP) is 5.16. The third kappa shape index (κ3) is 3.20. The quantitative estimate of drug-likeness (QED) is 0.496. The van der Waals surface area contributed by atoms with Crippen LogP contribution in [0.4, 0.5) is 8.78 Å². The Morgan fingerprint density at radius 2 is 1.83 bits per heavy atom. The molecule has 7 heteroatoms. The van der Waals surface area contributed by atoms with Crippen molar-refractivity contribution in [3.8, 4) is 5.88 Å². The molecule has 24 heavy (non-hydrogen) atoms. The van der Waals surface area contributed by atoms with E-state index in [0.717, 1.165) is 6.21 Å². The number of hydrogen-bond acceptors (Lipinski definition) is 4. The van der Waals surface area contributed by atoms with E-state index in [1.54, 1.807) is 6.07 Å². The van der Waals surface area contributed by atoms with Crippen molar-refractivity contribution in [3.05, 3.63) is 64.2 Å². The van der Waals surface area contributed by atoms with E-state index >= 15 is 0 Å². The summed E-state index contributed by atoms with van der Waals surface area (Å²) in [6, 6.07) is 8.17. The fourth-order valence-corrected chi connectivity index (χ4v) is 3.64. The van der Waals surface area contributed by atoms with Gasteiger partial charge in [-0.3, -0.25) is 0 Å². The number of pyridine rings is 1. The van der Waals surface area contributed by atoms with Crippen molar-refractivity contribution < 1.29 is 13.9 Å². The Balaban J connectivity index is 2.03. The molecule has 0 aliphatic rings. The molecule has 0 atom stereocenters. The van der Waals surface area contributed by atoms with Crippen molar-refractivity contribution in [1.82, 2.24) is 4.98 Å². The van der Waals surface area contributed by atoms with E-state index < -0.39 is 11.6 Å². The highest BCUT2D eigenvalue weighted by Gasteiger charge is 2.14. The van der Waals surface area contributed by atoms with Gasteiger partial charge in [0.05, 0.1) is 5.56 Å². The molecule has 1 heterocycles. The van der Waals surface area contributed by atoms with Crippen LogP contribution in [-0.2, 0) is 5.75 Å². The molecule has 0 aliphatic heterocycles. The number of fused-ring (bicyclic) bond motifs is 1. The number of benzene rings is 2. The Morgan fingerprint density at radius 3 is 2.54 bits per heavy atom. The molecule has 2 N–H and O–H groups in total. The van der Waals surface area contributed by atoms with E-state index in [0.29, 0.717) is 32.1 Å². The molecule has 1 aromatic heterocycles. The van der Waals surface area contributed by atoms with Crippen molar-refractivity contribution in [3.63, 3.8) is 0 Å². The van der Waals surface area contributed by atoms with Crippen LogP contribution in [0.15, 0.2) is 41.4 Å². The number of aromatic nitrogens is 1. The predicted molar refractivity (Wildman–Crippen MR) is 92.2 cm³/mol. The van der Waals surface area contributed by atoms with Gasteiger partial charge in [-0.05, 0) is 35.2 Å². The first-order valence-electron chi connectivity index (χ1n) is 6.89. The number of thioether (sulfide) groups is 1. The van der Waals surface area contributed by atoms with E-state index in [1.807, 2.05) is 0 Å². The Kier molecular flexibility index (Phi) is 4.69. The third-order valence-corrected chi connectivity index (χ3v) is 4.87. The molecule has 0 spiro atoms. The molecule has 0 fully saturated rings. The highest BCUT2D eigenvalue weighted by atomic mass is 35.5. The summed E-state index contributed by atoms with van der Waals surface area (Å²) in [6.07, 6.45) is 0.980. The molecule has 0 saturated heterocycles. The molecule has 3 aromatic rings. The molecule has 0 unspecified atom stereocenters. The Labute approximate surface area is 145 Å². The zero-order valence-electron chi connectivity index (χ0n) is 12.2. The lowest BCUT2D eigenvalue weighted by molar-refractivity contribution is 0.449. The summed E-state index contributed by atoms with van der Waals surface area (Å²) in [5.41, 5.74) is 0.930. The maximum absolute atomic E-state index is 13.6. The smallest absolute Gasteiger partial charge is 0.221 e. The van der Waals surface area contributed by atoms with Gasteiger partial charge in [0, 0.05) is 22.4 Å². The van der Waals surface area contributed by atoms with Gasteiger partial charge in [0.15, 0.2) is 0 Å². The SMILES string of the molecule is N=Cc1c(O)nc(SCc2ccc(F)cc2Cl)c2cc(F)ccc12. The highest BCUT2D eigenvalue weighted by molar-refractivity contribution is 7.98. The van der Waals surface area contributed by atoms with E-state index in [1.165, 1.54) is 42.1 Å². The van der Waals surface area contributed by atoms with E-state index in [9.17, 15) is 13.9 Å². The lowest BCUT2D eigenvalue weighted by Crippen LogP contribution is -1.94. The number of aromatic hydroxyl groups is 1. The summed E-state index contributed by atoms with van der Waals surface area (Å²) in [6.45, 7) is 0. The molecule has 122 valence electrons. The number of nitrogens with one attached hydrogen (secondary N) is 1. The maximum Gasteiger partial charge on any atom is 0.221 e. The molecular formula is C17H11ClF2N2OS. The molecule has 2 aromatic carbocycles. The molecule has 0 saturated carbocycles. The van der Waals surface area contributed by atoms with E-state index in [4.69, 9.17) is 17.0 Å². The normalized spacial score (nSPS) is 11.0. The maximum atomic E-state index is 13.6. The third-order valence-electron chi connectivity index (χ3n) is 3.47. The van der Waals surface area contributed by atoms with Crippen LogP contribution in [0, 0.1) is 17.0 Å². The van der Waals surface area contributed by atoms with Crippen LogP contribution in [0.2, 0.25) is 5.02 Å². The molecule has 0 aliphatic carbocycles. The van der Waals surface area contributed by atoms with Crippen LogP contribution < -0.4 is 0 Å². The average molecular weight is 365 g/mol. The number of hydrogen-bond donors (Lipinski definition) is 2. The summed E-state index contributed by atoms with van der Waals surface area (Å²) in [5, 5.41) is 19.1. The van der Waals surface area contributed by atoms with Crippen molar-refractivity contribution in [1.29, 1.82) is 5.41 Å². The fraction of sp³-hybridized carbons (Fsp3) is 0.0588. The summed E-state index contributed by atoms with van der Waals surface area (Å²) in [4.78, 5) is 4.06. The van der Waals surface area contributed by atoms with Gasteiger partial charge in [-0.25, -0.2) is 13.8 Å². The summed E-state index contributed by atoms with van der Waals surface area (Å²) < 4.78 is 26.7. The van der Waals surface area contributed by atoms with Gasteiger partial charge in [-0.2, -0.15) is 0 Å². The number of nitrogens with zero attached hydrogens (tertiary/aromatic N) is 1. The monoisotopic (exact) mass is 364 g/mol. The van der Waals surface area contributed by atoms with Gasteiger partial charge in [0.25, 0.3) is 0 Å². The lowest BCUT2D eigenvalue weighted by atomic mass is 10.1. The van der Waals surface area contributed by atoms with Crippen molar-refractivity contribution in [2.24, 2.45) is 0 Å². The second-order valence-corrected chi connectivity index (χ2v) is 6.38. The van der Waals surface area contributed by atoms with Gasteiger partial charge in [-0.1, -0.05) is 23.7 Å². The molecule has 3 rings (SSSR count). The van der Waals surface area contributed by atoms with Crippen LogP contribution in [0.25, 0.3) is 10.8 Å². The zero-order valence-corrected chi connectivity index (χ0v) is 13.8. The second-order valence-electron chi connectivity index (χ2n) is 5.01. The Bertz CT molecular complexity index is 950. The minimum absolute atomic E-state index is 0.231. The standard InChI is InChI=1S/C17H11ClF2N2OS/c18-15-6-11(20)2-1-9(15)8-24-17-13-5-10(19)3-4-12(13)14(7-21)16(23)22-17/h1-7,21H,8H2,(H,22,23). The Hall–Kier alpha value is -2.18. The summed E-state index contributed by atoms with van der Waals surface area (Å²) in [5.74, 6) is -0.780. The first kappa shape index (κ1) is 16.7. The first-order chi connectivity index (χ1) is 11.5. The van der Waals surface area contributed by atoms with Gasteiger partial charge < -0.3 is 10.5 Å². The topological polar surface area (TPSA) is 57.0 Å². The average Bonchev–Trinajstić information content (AvgIpc) is 2.54. The van der Waals surface area contributed by atoms with Crippen LogP contribution in [0.3, 0.4) is 0 Å². The van der Waals surface area contributed by atoms with Crippen molar-refractivity contribution in [2.75, 3.05) is 0 Å². The van der Waals surface area contributed by atoms with Crippen LogP contribution in [0.5, 0.6) is 5.88 Å². The van der Waals surface area contributed by atoms with Gasteiger partial charge in [0.1, 0.15) is 16.7 Å². The van der Waals surface area contributed by atoms with Crippen LogP contribution >= 0.6 is 23.4 Å². The fourth-order valence-electron chi connectivity index (χ4n) is 2.30. The van der Waals surface area contributed by atoms with Crippen molar-refractivity contribution >= 4 is 40.3 Å². The zero-order chi connectivity index (χ0) is 17.3. The van der Waals surface area contributed by atoms with Crippen molar-refractivity contribution in [2.45, 2.75) is 10.8 Å². The number of halogens is 3. The highest BCUT2D eigenvalue weighted by Crippen LogP contribution is 2.35. The van der Waals surface area contributed by atoms with Crippen LogP contribution in [0.1, 0.15) is 11.1 Å². The Morgan fingerprint density at radius 1 is 1.12 bits per heavy atom. The minimum Gasteiger partial charge on any atom is -0.493 e. The van der Waals surface area contributed by atoms with Gasteiger partial charge in [-0.15, -0.1) is 11.8 Å².